The van der Waals surface area contributed by atoms with E-state index >= 15 is 0 Å². The number of hydrogen-bond donors (Lipinski definition) is 1. The van der Waals surface area contributed by atoms with Crippen molar-refractivity contribution >= 4 is 5.91 Å². The summed E-state index contributed by atoms with van der Waals surface area (Å²) in [5, 5.41) is 3.02. The maximum absolute atomic E-state index is 12.2. The zero-order valence-corrected chi connectivity index (χ0v) is 12.4. The molecule has 0 saturated carbocycles. The Kier molecular flexibility index (Phi) is 5.41. The lowest BCUT2D eigenvalue weighted by Gasteiger charge is -2.25. The van der Waals surface area contributed by atoms with Crippen molar-refractivity contribution < 1.29 is 9.53 Å². The Balaban J connectivity index is 1.80. The fraction of sp³-hybridized carbons (Fsp3) is 0.562. The zero-order chi connectivity index (χ0) is 14.4. The molecule has 4 nitrogen and oxygen atoms in total. The van der Waals surface area contributed by atoms with Gasteiger partial charge in [0.25, 0.3) is 0 Å². The molecule has 1 heterocycles. The molecule has 0 aromatic heterocycles. The minimum absolute atomic E-state index is 0.0680. The van der Waals surface area contributed by atoms with Crippen molar-refractivity contribution in [3.05, 3.63) is 29.8 Å². The predicted molar refractivity (Wildman–Crippen MR) is 79.9 cm³/mol. The Labute approximate surface area is 121 Å². The van der Waals surface area contributed by atoms with Gasteiger partial charge in [0.2, 0.25) is 5.91 Å². The van der Waals surface area contributed by atoms with E-state index in [0.29, 0.717) is 13.2 Å². The molecule has 1 aliphatic heterocycles. The van der Waals surface area contributed by atoms with E-state index < -0.39 is 0 Å². The molecule has 1 N–H and O–H groups in total. The first-order valence-corrected chi connectivity index (χ1v) is 7.45. The average molecular weight is 276 g/mol. The summed E-state index contributed by atoms with van der Waals surface area (Å²) in [6.45, 7) is 8.41. The van der Waals surface area contributed by atoms with Crippen molar-refractivity contribution in [2.45, 2.75) is 20.3 Å². The number of carbonyl (C=O) groups is 1. The van der Waals surface area contributed by atoms with Crippen LogP contribution in [0.5, 0.6) is 5.75 Å². The fourth-order valence-electron chi connectivity index (χ4n) is 2.52. The van der Waals surface area contributed by atoms with Crippen LogP contribution in [0.15, 0.2) is 24.3 Å². The van der Waals surface area contributed by atoms with Crippen molar-refractivity contribution in [3.8, 4) is 5.75 Å². The van der Waals surface area contributed by atoms with Crippen LogP contribution in [0.25, 0.3) is 0 Å². The first-order valence-electron chi connectivity index (χ1n) is 7.45. The monoisotopic (exact) mass is 276 g/mol. The van der Waals surface area contributed by atoms with Gasteiger partial charge in [-0.3, -0.25) is 4.79 Å². The van der Waals surface area contributed by atoms with Crippen molar-refractivity contribution in [2.75, 3.05) is 32.8 Å². The first-order chi connectivity index (χ1) is 9.74. The molecule has 0 saturated heterocycles. The lowest BCUT2D eigenvalue weighted by molar-refractivity contribution is -0.126. The number of benzene rings is 1. The van der Waals surface area contributed by atoms with E-state index in [-0.39, 0.29) is 11.8 Å². The number of nitrogens with one attached hydrogen (secondary N) is 1. The minimum atomic E-state index is -0.0680. The van der Waals surface area contributed by atoms with Gasteiger partial charge < -0.3 is 15.0 Å². The number of ether oxygens (including phenoxy) is 1. The molecule has 0 radical (unpaired) electrons. The molecule has 1 aliphatic rings. The Bertz CT molecular complexity index is 444. The van der Waals surface area contributed by atoms with Gasteiger partial charge in [0.1, 0.15) is 12.4 Å². The first kappa shape index (κ1) is 14.9. The van der Waals surface area contributed by atoms with Gasteiger partial charge in [0, 0.05) is 13.1 Å². The molecule has 2 rings (SSSR count). The summed E-state index contributed by atoms with van der Waals surface area (Å²) in [5.74, 6) is 0.952. The standard InChI is InChI=1S/C16H24N2O2/c1-3-18(4-2)10-9-17-16(19)14-11-13-7-5-6-8-15(13)20-12-14/h5-8,14H,3-4,9-12H2,1-2H3,(H,17,19). The Morgan fingerprint density at radius 2 is 2.10 bits per heavy atom. The smallest absolute Gasteiger partial charge is 0.226 e. The summed E-state index contributed by atoms with van der Waals surface area (Å²) >= 11 is 0. The van der Waals surface area contributed by atoms with Crippen molar-refractivity contribution in [1.82, 2.24) is 10.2 Å². The molecule has 1 unspecified atom stereocenters. The van der Waals surface area contributed by atoms with Crippen LogP contribution in [0.1, 0.15) is 19.4 Å². The number of nitrogens with zero attached hydrogens (tertiary/aromatic N) is 1. The topological polar surface area (TPSA) is 41.6 Å². The summed E-state index contributed by atoms with van der Waals surface area (Å²) in [7, 11) is 0. The van der Waals surface area contributed by atoms with E-state index in [4.69, 9.17) is 4.74 Å². The molecule has 1 aromatic carbocycles. The highest BCUT2D eigenvalue weighted by Gasteiger charge is 2.25. The fourth-order valence-corrected chi connectivity index (χ4v) is 2.52. The minimum Gasteiger partial charge on any atom is -0.492 e. The van der Waals surface area contributed by atoms with Crippen molar-refractivity contribution in [3.63, 3.8) is 0 Å². The second kappa shape index (κ2) is 7.29. The lowest BCUT2D eigenvalue weighted by Crippen LogP contribution is -2.41. The highest BCUT2D eigenvalue weighted by atomic mass is 16.5. The third-order valence-electron chi connectivity index (χ3n) is 3.87. The van der Waals surface area contributed by atoms with Crippen LogP contribution in [0, 0.1) is 5.92 Å². The maximum Gasteiger partial charge on any atom is 0.226 e. The summed E-state index contributed by atoms with van der Waals surface area (Å²) in [6.07, 6.45) is 0.771. The van der Waals surface area contributed by atoms with Crippen LogP contribution in [0.4, 0.5) is 0 Å². The van der Waals surface area contributed by atoms with Gasteiger partial charge in [-0.05, 0) is 31.1 Å². The number of likely N-dealkylation sites (N-methyl/N-ethyl adjacent to an activating group) is 1. The van der Waals surface area contributed by atoms with Gasteiger partial charge in [-0.15, -0.1) is 0 Å². The number of carbonyl (C=O) groups excluding carboxylic acids is 1. The maximum atomic E-state index is 12.2. The van der Waals surface area contributed by atoms with E-state index in [0.717, 1.165) is 37.4 Å². The summed E-state index contributed by atoms with van der Waals surface area (Å²) in [5.41, 5.74) is 1.13. The van der Waals surface area contributed by atoms with Crippen LogP contribution >= 0.6 is 0 Å². The molecule has 1 atom stereocenters. The van der Waals surface area contributed by atoms with Crippen LogP contribution in [0.2, 0.25) is 0 Å². The molecule has 1 amide bonds. The SMILES string of the molecule is CCN(CC)CCNC(=O)C1COc2ccccc2C1. The largest absolute Gasteiger partial charge is 0.492 e. The lowest BCUT2D eigenvalue weighted by atomic mass is 9.96. The highest BCUT2D eigenvalue weighted by molar-refractivity contribution is 5.79. The van der Waals surface area contributed by atoms with Gasteiger partial charge in [0.15, 0.2) is 0 Å². The summed E-state index contributed by atoms with van der Waals surface area (Å²) in [6, 6.07) is 7.95. The second-order valence-corrected chi connectivity index (χ2v) is 5.14. The summed E-state index contributed by atoms with van der Waals surface area (Å²) in [4.78, 5) is 14.5. The third kappa shape index (κ3) is 3.73. The molecular weight excluding hydrogens is 252 g/mol. The van der Waals surface area contributed by atoms with Gasteiger partial charge in [-0.25, -0.2) is 0 Å². The van der Waals surface area contributed by atoms with Crippen LogP contribution in [0.3, 0.4) is 0 Å². The molecule has 0 bridgehead atoms. The van der Waals surface area contributed by atoms with Crippen LogP contribution in [-0.4, -0.2) is 43.6 Å². The van der Waals surface area contributed by atoms with E-state index in [1.807, 2.05) is 24.3 Å². The van der Waals surface area contributed by atoms with Crippen molar-refractivity contribution in [1.29, 1.82) is 0 Å². The molecule has 20 heavy (non-hydrogen) atoms. The van der Waals surface area contributed by atoms with Gasteiger partial charge >= 0.3 is 0 Å². The molecule has 0 aliphatic carbocycles. The quantitative estimate of drug-likeness (QED) is 0.860. The predicted octanol–water partition coefficient (Wildman–Crippen LogP) is 1.70. The average Bonchev–Trinajstić information content (AvgIpc) is 2.51. The Morgan fingerprint density at radius 1 is 1.35 bits per heavy atom. The molecular formula is C16H24N2O2. The molecule has 110 valence electrons. The van der Waals surface area contributed by atoms with Crippen molar-refractivity contribution in [2.24, 2.45) is 5.92 Å². The molecule has 4 heteroatoms. The van der Waals surface area contributed by atoms with Crippen LogP contribution in [-0.2, 0) is 11.2 Å². The normalized spacial score (nSPS) is 17.4. The number of rotatable bonds is 6. The second-order valence-electron chi connectivity index (χ2n) is 5.14. The Hall–Kier alpha value is -1.55. The van der Waals surface area contributed by atoms with E-state index in [2.05, 4.69) is 24.1 Å². The molecule has 0 spiro atoms. The number of para-hydroxylation sites is 1. The highest BCUT2D eigenvalue weighted by Crippen LogP contribution is 2.26. The zero-order valence-electron chi connectivity index (χ0n) is 12.4. The van der Waals surface area contributed by atoms with Crippen LogP contribution < -0.4 is 10.1 Å². The number of amides is 1. The summed E-state index contributed by atoms with van der Waals surface area (Å²) < 4.78 is 5.66. The third-order valence-corrected chi connectivity index (χ3v) is 3.87. The van der Waals surface area contributed by atoms with Gasteiger partial charge in [-0.2, -0.15) is 0 Å². The van der Waals surface area contributed by atoms with E-state index in [9.17, 15) is 4.79 Å². The Morgan fingerprint density at radius 3 is 2.85 bits per heavy atom. The van der Waals surface area contributed by atoms with Gasteiger partial charge in [0.05, 0.1) is 5.92 Å². The molecule has 1 aromatic rings. The van der Waals surface area contributed by atoms with Gasteiger partial charge in [-0.1, -0.05) is 32.0 Å². The van der Waals surface area contributed by atoms with E-state index in [1.54, 1.807) is 0 Å². The number of fused-ring (bicyclic) bond motifs is 1. The number of hydrogen-bond acceptors (Lipinski definition) is 3. The molecule has 0 fully saturated rings. The van der Waals surface area contributed by atoms with E-state index in [1.165, 1.54) is 0 Å².